The summed E-state index contributed by atoms with van der Waals surface area (Å²) >= 11 is 0. The number of benzene rings is 2. The van der Waals surface area contributed by atoms with E-state index in [0.29, 0.717) is 42.4 Å². The maximum absolute atomic E-state index is 12.5. The molecule has 0 fully saturated rings. The number of carbonyl (C=O) groups is 1. The molecule has 3 rings (SSSR count). The molecule has 0 saturated heterocycles. The van der Waals surface area contributed by atoms with Gasteiger partial charge in [0.2, 0.25) is 10.0 Å². The number of hydrogen-bond acceptors (Lipinski definition) is 5. The van der Waals surface area contributed by atoms with Crippen molar-refractivity contribution in [1.82, 2.24) is 0 Å². The Kier molecular flexibility index (Phi) is 7.29. The van der Waals surface area contributed by atoms with Crippen molar-refractivity contribution < 1.29 is 17.9 Å². The van der Waals surface area contributed by atoms with E-state index in [9.17, 15) is 13.2 Å². The predicted octanol–water partition coefficient (Wildman–Crippen LogP) is 2.41. The van der Waals surface area contributed by atoms with Crippen molar-refractivity contribution in [3.8, 4) is 5.75 Å². The standard InChI is InChI=1S/C19H23N3O4S.ClH/c1-27(24,25)22-11-2-3-14-13-15(4-9-18(14)22)19(23)21-16-5-7-17(8-6-16)26-12-10-20;/h4-9,13H,2-3,10-12,20H2,1H3,(H,21,23);1H. The van der Waals surface area contributed by atoms with Gasteiger partial charge in [0, 0.05) is 24.3 Å². The van der Waals surface area contributed by atoms with Crippen LogP contribution in [-0.4, -0.2) is 40.3 Å². The largest absolute Gasteiger partial charge is 0.492 e. The molecule has 0 atom stereocenters. The lowest BCUT2D eigenvalue weighted by molar-refractivity contribution is 0.102. The van der Waals surface area contributed by atoms with Crippen molar-refractivity contribution >= 4 is 39.7 Å². The Hall–Kier alpha value is -2.29. The molecule has 0 bridgehead atoms. The summed E-state index contributed by atoms with van der Waals surface area (Å²) in [6.07, 6.45) is 2.68. The fraction of sp³-hybridized carbons (Fsp3) is 0.316. The second kappa shape index (κ2) is 9.27. The summed E-state index contributed by atoms with van der Waals surface area (Å²) in [6, 6.07) is 12.2. The van der Waals surface area contributed by atoms with Crippen LogP contribution in [0.3, 0.4) is 0 Å². The quantitative estimate of drug-likeness (QED) is 0.739. The van der Waals surface area contributed by atoms with E-state index in [4.69, 9.17) is 10.5 Å². The first-order valence-corrected chi connectivity index (χ1v) is 10.6. The van der Waals surface area contributed by atoms with Crippen molar-refractivity contribution in [1.29, 1.82) is 0 Å². The minimum absolute atomic E-state index is 0. The monoisotopic (exact) mass is 425 g/mol. The van der Waals surface area contributed by atoms with Gasteiger partial charge in [0.25, 0.3) is 5.91 Å². The minimum Gasteiger partial charge on any atom is -0.492 e. The Balaban J connectivity index is 0.00000280. The van der Waals surface area contributed by atoms with Gasteiger partial charge in [-0.3, -0.25) is 9.10 Å². The van der Waals surface area contributed by atoms with Gasteiger partial charge in [0.1, 0.15) is 12.4 Å². The number of halogens is 1. The molecule has 0 aliphatic carbocycles. The van der Waals surface area contributed by atoms with Crippen LogP contribution in [0.2, 0.25) is 0 Å². The number of hydrogen-bond donors (Lipinski definition) is 2. The molecule has 28 heavy (non-hydrogen) atoms. The van der Waals surface area contributed by atoms with Gasteiger partial charge in [-0.2, -0.15) is 0 Å². The molecular formula is C19H24ClN3O4S. The van der Waals surface area contributed by atoms with Crippen molar-refractivity contribution in [2.45, 2.75) is 12.8 Å². The lowest BCUT2D eigenvalue weighted by Crippen LogP contribution is -2.34. The van der Waals surface area contributed by atoms with Crippen LogP contribution in [0.15, 0.2) is 42.5 Å². The molecule has 2 aromatic carbocycles. The van der Waals surface area contributed by atoms with E-state index in [1.807, 2.05) is 0 Å². The fourth-order valence-corrected chi connectivity index (χ4v) is 4.06. The van der Waals surface area contributed by atoms with Gasteiger partial charge < -0.3 is 15.8 Å². The number of aryl methyl sites for hydroxylation is 1. The Morgan fingerprint density at radius 3 is 2.57 bits per heavy atom. The van der Waals surface area contributed by atoms with E-state index in [0.717, 1.165) is 18.4 Å². The second-order valence-electron chi connectivity index (χ2n) is 6.40. The zero-order chi connectivity index (χ0) is 19.4. The zero-order valence-corrected chi connectivity index (χ0v) is 17.2. The molecule has 7 nitrogen and oxygen atoms in total. The Morgan fingerprint density at radius 2 is 1.93 bits per heavy atom. The second-order valence-corrected chi connectivity index (χ2v) is 8.30. The third-order valence-electron chi connectivity index (χ3n) is 4.32. The molecule has 1 aliphatic rings. The average Bonchev–Trinajstić information content (AvgIpc) is 2.65. The van der Waals surface area contributed by atoms with Crippen LogP contribution in [0.5, 0.6) is 5.75 Å². The normalized spacial score (nSPS) is 13.3. The van der Waals surface area contributed by atoms with Crippen LogP contribution in [0.4, 0.5) is 11.4 Å². The summed E-state index contributed by atoms with van der Waals surface area (Å²) in [5, 5.41) is 2.84. The van der Waals surface area contributed by atoms with Crippen LogP contribution < -0.4 is 20.1 Å². The molecular weight excluding hydrogens is 402 g/mol. The summed E-state index contributed by atoms with van der Waals surface area (Å²) < 4.78 is 30.7. The number of nitrogens with one attached hydrogen (secondary N) is 1. The van der Waals surface area contributed by atoms with Gasteiger partial charge in [-0.25, -0.2) is 8.42 Å². The number of sulfonamides is 1. The summed E-state index contributed by atoms with van der Waals surface area (Å²) in [7, 11) is -3.32. The van der Waals surface area contributed by atoms with E-state index in [2.05, 4.69) is 5.32 Å². The van der Waals surface area contributed by atoms with E-state index in [1.54, 1.807) is 42.5 Å². The maximum Gasteiger partial charge on any atom is 0.255 e. The molecule has 0 spiro atoms. The fourth-order valence-electron chi connectivity index (χ4n) is 3.06. The highest BCUT2D eigenvalue weighted by Gasteiger charge is 2.24. The molecule has 152 valence electrons. The van der Waals surface area contributed by atoms with Crippen LogP contribution in [0.1, 0.15) is 22.3 Å². The first-order valence-electron chi connectivity index (χ1n) is 8.73. The molecule has 1 aliphatic heterocycles. The van der Waals surface area contributed by atoms with Crippen LogP contribution in [0, 0.1) is 0 Å². The smallest absolute Gasteiger partial charge is 0.255 e. The number of amides is 1. The van der Waals surface area contributed by atoms with Crippen molar-refractivity contribution in [3.05, 3.63) is 53.6 Å². The number of carbonyl (C=O) groups excluding carboxylic acids is 1. The van der Waals surface area contributed by atoms with E-state index >= 15 is 0 Å². The number of ether oxygens (including phenoxy) is 1. The maximum atomic E-state index is 12.5. The lowest BCUT2D eigenvalue weighted by Gasteiger charge is -2.29. The number of rotatable bonds is 6. The molecule has 3 N–H and O–H groups in total. The highest BCUT2D eigenvalue weighted by Crippen LogP contribution is 2.30. The molecule has 0 aromatic heterocycles. The highest BCUT2D eigenvalue weighted by molar-refractivity contribution is 7.92. The number of nitrogens with zero attached hydrogens (tertiary/aromatic N) is 1. The van der Waals surface area contributed by atoms with Crippen LogP contribution in [-0.2, 0) is 16.4 Å². The Bertz CT molecular complexity index is 933. The first kappa shape index (κ1) is 22.0. The Morgan fingerprint density at radius 1 is 1.21 bits per heavy atom. The number of nitrogens with two attached hydrogens (primary N) is 1. The molecule has 2 aromatic rings. The summed E-state index contributed by atoms with van der Waals surface area (Å²) in [5.74, 6) is 0.443. The van der Waals surface area contributed by atoms with Gasteiger partial charge >= 0.3 is 0 Å². The van der Waals surface area contributed by atoms with E-state index in [-0.39, 0.29) is 18.3 Å². The first-order chi connectivity index (χ1) is 12.9. The minimum atomic E-state index is -3.32. The third kappa shape index (κ3) is 5.15. The third-order valence-corrected chi connectivity index (χ3v) is 5.50. The van der Waals surface area contributed by atoms with Gasteiger partial charge in [-0.05, 0) is 60.9 Å². The van der Waals surface area contributed by atoms with Gasteiger partial charge in [-0.1, -0.05) is 0 Å². The predicted molar refractivity (Wildman–Crippen MR) is 113 cm³/mol. The summed E-state index contributed by atoms with van der Waals surface area (Å²) in [4.78, 5) is 12.5. The SMILES string of the molecule is CS(=O)(=O)N1CCCc2cc(C(=O)Nc3ccc(OCCN)cc3)ccc21.Cl. The summed E-state index contributed by atoms with van der Waals surface area (Å²) in [6.45, 7) is 1.34. The van der Waals surface area contributed by atoms with Crippen LogP contribution >= 0.6 is 12.4 Å². The zero-order valence-electron chi connectivity index (χ0n) is 15.6. The van der Waals surface area contributed by atoms with Crippen molar-refractivity contribution in [2.75, 3.05) is 35.6 Å². The molecule has 0 saturated carbocycles. The molecule has 1 heterocycles. The molecule has 0 radical (unpaired) electrons. The topological polar surface area (TPSA) is 102 Å². The van der Waals surface area contributed by atoms with Crippen molar-refractivity contribution in [2.24, 2.45) is 5.73 Å². The van der Waals surface area contributed by atoms with Gasteiger partial charge in [-0.15, -0.1) is 12.4 Å². The molecule has 0 unspecified atom stereocenters. The molecule has 9 heteroatoms. The highest BCUT2D eigenvalue weighted by atomic mass is 35.5. The lowest BCUT2D eigenvalue weighted by atomic mass is 10.0. The summed E-state index contributed by atoms with van der Waals surface area (Å²) in [5.41, 5.74) is 8.06. The average molecular weight is 426 g/mol. The van der Waals surface area contributed by atoms with E-state index in [1.165, 1.54) is 10.6 Å². The van der Waals surface area contributed by atoms with Crippen molar-refractivity contribution in [3.63, 3.8) is 0 Å². The van der Waals surface area contributed by atoms with Gasteiger partial charge in [0.15, 0.2) is 0 Å². The number of anilines is 2. The van der Waals surface area contributed by atoms with Crippen LogP contribution in [0.25, 0.3) is 0 Å². The number of fused-ring (bicyclic) bond motifs is 1. The molecule has 1 amide bonds. The van der Waals surface area contributed by atoms with Gasteiger partial charge in [0.05, 0.1) is 11.9 Å². The van der Waals surface area contributed by atoms with E-state index < -0.39 is 10.0 Å². The Labute approximate surface area is 171 Å².